The highest BCUT2D eigenvalue weighted by atomic mass is 16.2. The number of nitrogens with zero attached hydrogens (tertiary/aromatic N) is 5. The first kappa shape index (κ1) is 15.8. The zero-order valence-corrected chi connectivity index (χ0v) is 13.8. The number of carbonyl (C=O) groups is 1. The van der Waals surface area contributed by atoms with Gasteiger partial charge in [-0.3, -0.25) is 4.79 Å². The molecule has 1 amide bonds. The molecule has 0 radical (unpaired) electrons. The van der Waals surface area contributed by atoms with Crippen molar-refractivity contribution in [1.29, 1.82) is 0 Å². The average molecular weight is 322 g/mol. The minimum Gasteiger partial charge on any atom is -0.305 e. The van der Waals surface area contributed by atoms with Crippen LogP contribution in [-0.2, 0) is 0 Å². The molecule has 7 nitrogen and oxygen atoms in total. The van der Waals surface area contributed by atoms with Gasteiger partial charge < -0.3 is 5.32 Å². The fourth-order valence-electron chi connectivity index (χ4n) is 2.17. The highest BCUT2D eigenvalue weighted by Gasteiger charge is 2.14. The molecule has 24 heavy (non-hydrogen) atoms. The van der Waals surface area contributed by atoms with Gasteiger partial charge in [-0.1, -0.05) is 37.3 Å². The molecular formula is C17H18N6O. The van der Waals surface area contributed by atoms with E-state index in [1.54, 1.807) is 16.9 Å². The lowest BCUT2D eigenvalue weighted by molar-refractivity contribution is 0.102. The van der Waals surface area contributed by atoms with E-state index in [1.807, 2.05) is 51.1 Å². The number of hydrogen-bond acceptors (Lipinski definition) is 5. The van der Waals surface area contributed by atoms with E-state index in [0.717, 1.165) is 11.4 Å². The molecule has 2 aromatic heterocycles. The van der Waals surface area contributed by atoms with Gasteiger partial charge in [0, 0.05) is 17.7 Å². The Balaban J connectivity index is 1.80. The summed E-state index contributed by atoms with van der Waals surface area (Å²) in [6.07, 6.45) is 1.59. The molecule has 1 aromatic carbocycles. The van der Waals surface area contributed by atoms with Crippen LogP contribution in [0.2, 0.25) is 0 Å². The van der Waals surface area contributed by atoms with Crippen molar-refractivity contribution in [3.8, 4) is 5.69 Å². The van der Waals surface area contributed by atoms with E-state index in [4.69, 9.17) is 0 Å². The fourth-order valence-corrected chi connectivity index (χ4v) is 2.17. The van der Waals surface area contributed by atoms with Crippen molar-refractivity contribution in [2.75, 3.05) is 5.32 Å². The minimum absolute atomic E-state index is 0.180. The predicted octanol–water partition coefficient (Wildman–Crippen LogP) is 2.74. The molecule has 3 aromatic rings. The number of nitrogens with one attached hydrogen (secondary N) is 1. The Bertz CT molecular complexity index is 857. The van der Waals surface area contributed by atoms with E-state index in [1.165, 1.54) is 0 Å². The molecule has 0 saturated carbocycles. The summed E-state index contributed by atoms with van der Waals surface area (Å²) in [6.45, 7) is 5.88. The summed E-state index contributed by atoms with van der Waals surface area (Å²) in [4.78, 5) is 21.1. The van der Waals surface area contributed by atoms with Crippen LogP contribution < -0.4 is 5.32 Å². The number of hydrogen-bond donors (Lipinski definition) is 1. The van der Waals surface area contributed by atoms with E-state index in [2.05, 4.69) is 25.6 Å². The summed E-state index contributed by atoms with van der Waals surface area (Å²) in [5, 5.41) is 10.7. The van der Waals surface area contributed by atoms with Gasteiger partial charge in [0.15, 0.2) is 5.69 Å². The summed E-state index contributed by atoms with van der Waals surface area (Å²) in [7, 11) is 0. The summed E-state index contributed by atoms with van der Waals surface area (Å²) in [5.74, 6) is 0.980. The molecule has 0 unspecified atom stereocenters. The number of aromatic nitrogens is 5. The van der Waals surface area contributed by atoms with Gasteiger partial charge in [-0.05, 0) is 19.1 Å². The first-order valence-corrected chi connectivity index (χ1v) is 7.67. The lowest BCUT2D eigenvalue weighted by atomic mass is 10.2. The Hall–Kier alpha value is -3.09. The van der Waals surface area contributed by atoms with Crippen molar-refractivity contribution in [2.45, 2.75) is 26.7 Å². The van der Waals surface area contributed by atoms with Crippen LogP contribution in [0, 0.1) is 6.92 Å². The second-order valence-electron chi connectivity index (χ2n) is 5.75. The van der Waals surface area contributed by atoms with Gasteiger partial charge in [0.1, 0.15) is 11.6 Å². The maximum atomic E-state index is 12.4. The van der Waals surface area contributed by atoms with E-state index in [-0.39, 0.29) is 17.5 Å². The van der Waals surface area contributed by atoms with Crippen LogP contribution in [0.4, 0.5) is 5.82 Å². The summed E-state index contributed by atoms with van der Waals surface area (Å²) >= 11 is 0. The van der Waals surface area contributed by atoms with Gasteiger partial charge in [-0.2, -0.15) is 0 Å². The number of rotatable bonds is 4. The first-order chi connectivity index (χ1) is 11.5. The summed E-state index contributed by atoms with van der Waals surface area (Å²) < 4.78 is 1.56. The molecule has 2 heterocycles. The Labute approximate surface area is 139 Å². The maximum Gasteiger partial charge on any atom is 0.279 e. The van der Waals surface area contributed by atoms with Crippen molar-refractivity contribution >= 4 is 11.7 Å². The van der Waals surface area contributed by atoms with E-state index in [9.17, 15) is 4.79 Å². The van der Waals surface area contributed by atoms with Crippen LogP contribution in [0.5, 0.6) is 0 Å². The lowest BCUT2D eigenvalue weighted by Gasteiger charge is -2.08. The van der Waals surface area contributed by atoms with Crippen molar-refractivity contribution in [3.05, 3.63) is 59.8 Å². The van der Waals surface area contributed by atoms with Gasteiger partial charge in [-0.15, -0.1) is 5.10 Å². The lowest BCUT2D eigenvalue weighted by Crippen LogP contribution is -2.15. The quantitative estimate of drug-likeness (QED) is 0.798. The third kappa shape index (κ3) is 3.45. The maximum absolute atomic E-state index is 12.4. The smallest absolute Gasteiger partial charge is 0.279 e. The minimum atomic E-state index is -0.356. The Morgan fingerprint density at radius 3 is 2.62 bits per heavy atom. The zero-order chi connectivity index (χ0) is 17.1. The van der Waals surface area contributed by atoms with Gasteiger partial charge in [0.2, 0.25) is 0 Å². The Kier molecular flexibility index (Phi) is 4.33. The molecule has 1 N–H and O–H groups in total. The van der Waals surface area contributed by atoms with Crippen LogP contribution in [0.25, 0.3) is 5.69 Å². The molecule has 0 bridgehead atoms. The Morgan fingerprint density at radius 2 is 1.92 bits per heavy atom. The Morgan fingerprint density at radius 1 is 1.17 bits per heavy atom. The van der Waals surface area contributed by atoms with Gasteiger partial charge in [0.05, 0.1) is 11.9 Å². The number of benzene rings is 1. The second-order valence-corrected chi connectivity index (χ2v) is 5.75. The molecule has 3 rings (SSSR count). The number of para-hydroxylation sites is 1. The van der Waals surface area contributed by atoms with Crippen molar-refractivity contribution in [1.82, 2.24) is 25.0 Å². The largest absolute Gasteiger partial charge is 0.305 e. The molecule has 0 aliphatic carbocycles. The number of anilines is 1. The topological polar surface area (TPSA) is 85.6 Å². The van der Waals surface area contributed by atoms with Gasteiger partial charge >= 0.3 is 0 Å². The van der Waals surface area contributed by atoms with Crippen LogP contribution >= 0.6 is 0 Å². The SMILES string of the molecule is Cc1cc(NC(=O)c2cn(-c3ccccc3)nn2)nc(C(C)C)n1. The zero-order valence-electron chi connectivity index (χ0n) is 13.8. The molecule has 7 heteroatoms. The first-order valence-electron chi connectivity index (χ1n) is 7.67. The van der Waals surface area contributed by atoms with Crippen LogP contribution in [0.15, 0.2) is 42.6 Å². The summed E-state index contributed by atoms with van der Waals surface area (Å²) in [6, 6.07) is 11.2. The predicted molar refractivity (Wildman–Crippen MR) is 90.2 cm³/mol. The molecule has 0 aliphatic rings. The molecule has 0 aliphatic heterocycles. The number of aryl methyl sites for hydroxylation is 1. The molecule has 0 atom stereocenters. The van der Waals surface area contributed by atoms with Crippen molar-refractivity contribution < 1.29 is 4.79 Å². The molecule has 0 fully saturated rings. The van der Waals surface area contributed by atoms with Crippen molar-refractivity contribution in [2.24, 2.45) is 0 Å². The third-order valence-corrected chi connectivity index (χ3v) is 3.38. The normalized spacial score (nSPS) is 10.8. The molecule has 0 spiro atoms. The van der Waals surface area contributed by atoms with E-state index in [0.29, 0.717) is 11.6 Å². The highest BCUT2D eigenvalue weighted by molar-refractivity contribution is 6.02. The molecule has 0 saturated heterocycles. The summed E-state index contributed by atoms with van der Waals surface area (Å²) in [5.41, 5.74) is 1.86. The van der Waals surface area contributed by atoms with Gasteiger partial charge in [0.25, 0.3) is 5.91 Å². The fraction of sp³-hybridized carbons (Fsp3) is 0.235. The highest BCUT2D eigenvalue weighted by Crippen LogP contribution is 2.14. The van der Waals surface area contributed by atoms with Crippen LogP contribution in [-0.4, -0.2) is 30.9 Å². The van der Waals surface area contributed by atoms with Crippen LogP contribution in [0.3, 0.4) is 0 Å². The monoisotopic (exact) mass is 322 g/mol. The van der Waals surface area contributed by atoms with E-state index >= 15 is 0 Å². The number of carbonyl (C=O) groups excluding carboxylic acids is 1. The third-order valence-electron chi connectivity index (χ3n) is 3.38. The van der Waals surface area contributed by atoms with Gasteiger partial charge in [-0.25, -0.2) is 14.6 Å². The second kappa shape index (κ2) is 6.57. The molecular weight excluding hydrogens is 304 g/mol. The number of amides is 1. The average Bonchev–Trinajstić information content (AvgIpc) is 3.05. The van der Waals surface area contributed by atoms with Crippen LogP contribution in [0.1, 0.15) is 41.8 Å². The standard InChI is InChI=1S/C17H18N6O/c1-11(2)16-18-12(3)9-15(19-16)20-17(24)14-10-23(22-21-14)13-7-5-4-6-8-13/h4-11H,1-3H3,(H,18,19,20,24). The van der Waals surface area contributed by atoms with E-state index < -0.39 is 0 Å². The molecule has 122 valence electrons. The van der Waals surface area contributed by atoms with Crippen molar-refractivity contribution in [3.63, 3.8) is 0 Å².